The summed E-state index contributed by atoms with van der Waals surface area (Å²) in [5.74, 6) is -1.97. The zero-order chi connectivity index (χ0) is 26.0. The zero-order valence-electron chi connectivity index (χ0n) is 19.8. The fraction of sp³-hybridized carbons (Fsp3) is 0.417. The maximum atomic E-state index is 12.9. The second-order valence-corrected chi connectivity index (χ2v) is 9.46. The van der Waals surface area contributed by atoms with Crippen molar-refractivity contribution in [3.05, 3.63) is 53.3 Å². The minimum atomic E-state index is -5.06. The summed E-state index contributed by atoms with van der Waals surface area (Å²) in [6.07, 6.45) is 13.7. The van der Waals surface area contributed by atoms with Gasteiger partial charge in [0.25, 0.3) is 5.91 Å². The van der Waals surface area contributed by atoms with Gasteiger partial charge in [0, 0.05) is 19.2 Å². The van der Waals surface area contributed by atoms with E-state index in [0.29, 0.717) is 31.6 Å². The number of amides is 1. The van der Waals surface area contributed by atoms with Crippen LogP contribution in [0.2, 0.25) is 0 Å². The molecule has 0 radical (unpaired) electrons. The number of nitrogens with one attached hydrogen (secondary N) is 1. The minimum Gasteiger partial charge on any atom is -0.508 e. The number of phosphoric ester groups is 1. The third-order valence-corrected chi connectivity index (χ3v) is 5.86. The second kappa shape index (κ2) is 13.3. The van der Waals surface area contributed by atoms with Gasteiger partial charge in [-0.05, 0) is 62.3 Å². The molecule has 1 fully saturated rings. The number of ether oxygens (including phenoxy) is 1. The Bertz CT molecular complexity index is 1070. The minimum absolute atomic E-state index is 0.0391. The molecule has 0 aromatic heterocycles. The molecule has 0 atom stereocenters. The van der Waals surface area contributed by atoms with Crippen molar-refractivity contribution >= 4 is 25.8 Å². The molecule has 2 aliphatic heterocycles. The number of hydrogen-bond donors (Lipinski definition) is 4. The first-order valence-corrected chi connectivity index (χ1v) is 13.2. The Morgan fingerprint density at radius 1 is 1.08 bits per heavy atom. The third kappa shape index (κ3) is 8.83. The number of carbonyl (C=O) groups excluding carboxylic acids is 2. The Balaban J connectivity index is 1.91. The van der Waals surface area contributed by atoms with E-state index in [2.05, 4.69) is 10.0 Å². The van der Waals surface area contributed by atoms with E-state index >= 15 is 0 Å². The number of allylic oxidation sites excluding steroid dienone is 3. The Labute approximate surface area is 209 Å². The smallest absolute Gasteiger partial charge is 0.508 e. The van der Waals surface area contributed by atoms with E-state index in [0.717, 1.165) is 31.7 Å². The Hall–Kier alpha value is -3.11. The van der Waals surface area contributed by atoms with Crippen molar-refractivity contribution in [2.45, 2.75) is 38.5 Å². The highest BCUT2D eigenvalue weighted by Gasteiger charge is 2.26. The van der Waals surface area contributed by atoms with Crippen molar-refractivity contribution in [3.63, 3.8) is 0 Å². The first-order valence-electron chi connectivity index (χ1n) is 11.7. The number of likely N-dealkylation sites (tertiary alicyclic amines) is 1. The first kappa shape index (κ1) is 27.5. The van der Waals surface area contributed by atoms with Crippen LogP contribution in [0.25, 0.3) is 6.08 Å². The molecule has 0 bridgehead atoms. The molecule has 2 heterocycles. The molecule has 3 rings (SSSR count). The number of piperidine rings is 1. The molecule has 0 spiro atoms. The molecule has 4 N–H and O–H groups in total. The van der Waals surface area contributed by atoms with E-state index in [-0.39, 0.29) is 30.2 Å². The summed E-state index contributed by atoms with van der Waals surface area (Å²) < 4.78 is 21.4. The van der Waals surface area contributed by atoms with E-state index in [1.54, 1.807) is 11.0 Å². The molecule has 36 heavy (non-hydrogen) atoms. The van der Waals surface area contributed by atoms with Crippen LogP contribution in [0.5, 0.6) is 11.5 Å². The van der Waals surface area contributed by atoms with Crippen molar-refractivity contribution in [2.24, 2.45) is 0 Å². The Morgan fingerprint density at radius 2 is 1.81 bits per heavy atom. The van der Waals surface area contributed by atoms with Gasteiger partial charge >= 0.3 is 13.8 Å². The zero-order valence-corrected chi connectivity index (χ0v) is 20.7. The van der Waals surface area contributed by atoms with E-state index < -0.39 is 25.3 Å². The van der Waals surface area contributed by atoms with Crippen molar-refractivity contribution in [1.29, 1.82) is 0 Å². The molecule has 0 saturated carbocycles. The number of hydroxylamine groups is 1. The molecule has 2 aliphatic rings. The van der Waals surface area contributed by atoms with Crippen LogP contribution < -0.4 is 10.0 Å². The van der Waals surface area contributed by atoms with Gasteiger partial charge in [-0.2, -0.15) is 0 Å². The number of phosphoric acid groups is 1. The lowest BCUT2D eigenvalue weighted by atomic mass is 10.0. The van der Waals surface area contributed by atoms with Crippen molar-refractivity contribution in [1.82, 2.24) is 10.4 Å². The van der Waals surface area contributed by atoms with Crippen LogP contribution in [-0.4, -0.2) is 58.0 Å². The SMILES string of the molecule is O=C1OCCC=CCCC=C/C(NOCC(=O)N2CCCCC2)=C/c2cc(O)cc(OP(=O)(O)O)c21. The number of carbonyl (C=O) groups is 2. The average Bonchev–Trinajstić information content (AvgIpc) is 2.81. The maximum absolute atomic E-state index is 12.9. The van der Waals surface area contributed by atoms with Crippen LogP contribution in [0.1, 0.15) is 54.4 Å². The predicted octanol–water partition coefficient (Wildman–Crippen LogP) is 3.19. The van der Waals surface area contributed by atoms with E-state index in [1.165, 1.54) is 12.1 Å². The molecule has 12 heteroatoms. The molecular formula is C24H31N2O9P. The molecule has 196 valence electrons. The van der Waals surface area contributed by atoms with Crippen molar-refractivity contribution in [3.8, 4) is 11.5 Å². The molecule has 11 nitrogen and oxygen atoms in total. The summed E-state index contributed by atoms with van der Waals surface area (Å²) in [5.41, 5.74) is 2.80. The highest BCUT2D eigenvalue weighted by molar-refractivity contribution is 7.46. The number of aromatic hydroxyl groups is 1. The number of phenolic OH excluding ortho intramolecular Hbond substituents is 1. The fourth-order valence-electron chi connectivity index (χ4n) is 3.78. The quantitative estimate of drug-likeness (QED) is 0.189. The highest BCUT2D eigenvalue weighted by atomic mass is 31.2. The lowest BCUT2D eigenvalue weighted by Gasteiger charge is -2.26. The van der Waals surface area contributed by atoms with Crippen molar-refractivity contribution < 1.29 is 43.1 Å². The lowest BCUT2D eigenvalue weighted by molar-refractivity contribution is -0.139. The number of hydrogen-bond acceptors (Lipinski definition) is 8. The number of cyclic esters (lactones) is 1. The average molecular weight is 522 g/mol. The lowest BCUT2D eigenvalue weighted by Crippen LogP contribution is -2.39. The van der Waals surface area contributed by atoms with Crippen LogP contribution in [0.4, 0.5) is 0 Å². The van der Waals surface area contributed by atoms with Gasteiger partial charge in [0.15, 0.2) is 6.61 Å². The highest BCUT2D eigenvalue weighted by Crippen LogP contribution is 2.42. The van der Waals surface area contributed by atoms with E-state index in [4.69, 9.17) is 9.57 Å². The maximum Gasteiger partial charge on any atom is 0.524 e. The van der Waals surface area contributed by atoms with E-state index in [9.17, 15) is 29.0 Å². The Morgan fingerprint density at radius 3 is 2.56 bits per heavy atom. The largest absolute Gasteiger partial charge is 0.524 e. The Kier molecular flexibility index (Phi) is 10.1. The van der Waals surface area contributed by atoms with Gasteiger partial charge in [0.05, 0.1) is 12.3 Å². The van der Waals surface area contributed by atoms with Gasteiger partial charge in [0.2, 0.25) is 0 Å². The van der Waals surface area contributed by atoms with E-state index in [1.807, 2.05) is 18.2 Å². The number of esters is 1. The predicted molar refractivity (Wildman–Crippen MR) is 131 cm³/mol. The van der Waals surface area contributed by atoms with Crippen LogP contribution in [0.3, 0.4) is 0 Å². The summed E-state index contributed by atoms with van der Waals surface area (Å²) in [4.78, 5) is 51.1. The van der Waals surface area contributed by atoms with Crippen LogP contribution in [-0.2, 0) is 18.9 Å². The van der Waals surface area contributed by atoms with Crippen molar-refractivity contribution in [2.75, 3.05) is 26.3 Å². The first-order chi connectivity index (χ1) is 17.2. The van der Waals surface area contributed by atoms with Gasteiger partial charge in [-0.25, -0.2) is 9.36 Å². The normalized spacial score (nSPS) is 18.9. The molecule has 0 aliphatic carbocycles. The number of benzene rings is 1. The summed E-state index contributed by atoms with van der Waals surface area (Å²) in [6, 6.07) is 2.15. The second-order valence-electron chi connectivity index (χ2n) is 8.30. The van der Waals surface area contributed by atoms with Gasteiger partial charge in [-0.15, -0.1) is 0 Å². The molecular weight excluding hydrogens is 491 g/mol. The van der Waals surface area contributed by atoms with Crippen LogP contribution in [0, 0.1) is 0 Å². The summed E-state index contributed by atoms with van der Waals surface area (Å²) in [6.45, 7) is 1.21. The molecule has 1 aromatic rings. The number of fused-ring (bicyclic) bond motifs is 1. The molecule has 1 aromatic carbocycles. The fourth-order valence-corrected chi connectivity index (χ4v) is 4.18. The van der Waals surface area contributed by atoms with Gasteiger partial charge < -0.3 is 19.3 Å². The third-order valence-electron chi connectivity index (χ3n) is 5.43. The number of rotatable bonds is 6. The van der Waals surface area contributed by atoms with Gasteiger partial charge in [-0.3, -0.25) is 24.9 Å². The summed E-state index contributed by atoms with van der Waals surface area (Å²) in [5, 5.41) is 10.2. The number of nitrogens with zero attached hydrogens (tertiary/aromatic N) is 1. The standard InChI is InChI=1S/C24H31N2O9P/c27-20-15-18-14-19(25-34-17-22(28)26-11-7-5-8-12-26)10-6-3-1-2-4-9-13-33-24(29)23(18)21(16-20)35-36(30,31)32/h2,4,6,10,14-16,25,27H,1,3,5,7-9,11-13,17H2,(H2,30,31,32)/b4-2?,10-6?,19-14-. The monoisotopic (exact) mass is 522 g/mol. The molecule has 0 unspecified atom stereocenters. The number of phenols is 1. The molecule has 1 amide bonds. The molecule has 1 saturated heterocycles. The van der Waals surface area contributed by atoms with Crippen LogP contribution >= 0.6 is 7.82 Å². The van der Waals surface area contributed by atoms with Gasteiger partial charge in [0.1, 0.15) is 17.1 Å². The van der Waals surface area contributed by atoms with Crippen LogP contribution in [0.15, 0.2) is 42.1 Å². The summed E-state index contributed by atoms with van der Waals surface area (Å²) in [7, 11) is -5.06. The topological polar surface area (TPSA) is 155 Å². The summed E-state index contributed by atoms with van der Waals surface area (Å²) >= 11 is 0. The van der Waals surface area contributed by atoms with Gasteiger partial charge in [-0.1, -0.05) is 18.2 Å².